The highest BCUT2D eigenvalue weighted by Gasteiger charge is 2.10. The summed E-state index contributed by atoms with van der Waals surface area (Å²) in [5.74, 6) is 0. The summed E-state index contributed by atoms with van der Waals surface area (Å²) in [6.07, 6.45) is 6.02. The predicted octanol–water partition coefficient (Wildman–Crippen LogP) is 3.47. The molecule has 0 aliphatic carbocycles. The minimum atomic E-state index is 1.09. The zero-order valence-corrected chi connectivity index (χ0v) is 10.3. The van der Waals surface area contributed by atoms with E-state index in [0.29, 0.717) is 0 Å². The molecule has 0 spiro atoms. The van der Waals surface area contributed by atoms with Gasteiger partial charge in [-0.1, -0.05) is 33.8 Å². The van der Waals surface area contributed by atoms with Crippen molar-refractivity contribution in [3.8, 4) is 0 Å². The van der Waals surface area contributed by atoms with Gasteiger partial charge in [0.2, 0.25) is 0 Å². The molecule has 0 radical (unpaired) electrons. The third-order valence-corrected chi connectivity index (χ3v) is 1.99. The molecule has 0 aliphatic heterocycles. The summed E-state index contributed by atoms with van der Waals surface area (Å²) in [6.45, 7) is 12.4. The van der Waals surface area contributed by atoms with E-state index in [0.717, 1.165) is 11.0 Å². The van der Waals surface area contributed by atoms with Gasteiger partial charge in [0.1, 0.15) is 0 Å². The van der Waals surface area contributed by atoms with Gasteiger partial charge in [0, 0.05) is 0 Å². The van der Waals surface area contributed by atoms with Gasteiger partial charge in [0.05, 0.1) is 27.2 Å². The van der Waals surface area contributed by atoms with Crippen molar-refractivity contribution in [2.45, 2.75) is 40.0 Å². The van der Waals surface area contributed by atoms with Crippen LogP contribution in [0, 0.1) is 0 Å². The second-order valence-electron chi connectivity index (χ2n) is 3.84. The summed E-state index contributed by atoms with van der Waals surface area (Å²) >= 11 is 0. The van der Waals surface area contributed by atoms with Crippen LogP contribution >= 0.6 is 0 Å². The third-order valence-electron chi connectivity index (χ3n) is 1.99. The van der Waals surface area contributed by atoms with Crippen LogP contribution in [0.2, 0.25) is 0 Å². The minimum absolute atomic E-state index is 1.09. The second kappa shape index (κ2) is 9.79. The van der Waals surface area contributed by atoms with Crippen LogP contribution in [0.25, 0.3) is 0 Å². The summed E-state index contributed by atoms with van der Waals surface area (Å²) < 4.78 is 1.09. The standard InChI is InChI=1S/C10H22N.C2H6/c1-5-7-8-10-11(3,4)9-6-2;1-2/h6H,2,5,7-10H2,1,3-4H3;1-2H3/q+1;. The Morgan fingerprint density at radius 3 is 2.08 bits per heavy atom. The van der Waals surface area contributed by atoms with Crippen molar-refractivity contribution in [2.24, 2.45) is 0 Å². The molecule has 1 nitrogen and oxygen atoms in total. The van der Waals surface area contributed by atoms with Crippen molar-refractivity contribution < 1.29 is 4.48 Å². The Bertz CT molecular complexity index is 106. The zero-order valence-electron chi connectivity index (χ0n) is 10.3. The Morgan fingerprint density at radius 2 is 1.69 bits per heavy atom. The Labute approximate surface area is 85.0 Å². The van der Waals surface area contributed by atoms with Crippen LogP contribution in [0.5, 0.6) is 0 Å². The summed E-state index contributed by atoms with van der Waals surface area (Å²) in [5, 5.41) is 0. The van der Waals surface area contributed by atoms with Crippen molar-refractivity contribution in [2.75, 3.05) is 27.2 Å². The van der Waals surface area contributed by atoms with Crippen molar-refractivity contribution in [3.63, 3.8) is 0 Å². The SMILES string of the molecule is C=CC[N+](C)(C)CCCCC.CC. The van der Waals surface area contributed by atoms with E-state index in [1.807, 2.05) is 19.9 Å². The van der Waals surface area contributed by atoms with Crippen LogP contribution < -0.4 is 0 Å². The highest BCUT2D eigenvalue weighted by molar-refractivity contribution is 4.64. The molecule has 0 aromatic carbocycles. The van der Waals surface area contributed by atoms with E-state index in [-0.39, 0.29) is 0 Å². The van der Waals surface area contributed by atoms with E-state index in [9.17, 15) is 0 Å². The Hall–Kier alpha value is -0.300. The van der Waals surface area contributed by atoms with E-state index < -0.39 is 0 Å². The number of rotatable bonds is 6. The summed E-state index contributed by atoms with van der Waals surface area (Å²) in [7, 11) is 4.52. The van der Waals surface area contributed by atoms with Gasteiger partial charge in [-0.25, -0.2) is 0 Å². The van der Waals surface area contributed by atoms with Crippen molar-refractivity contribution in [1.82, 2.24) is 0 Å². The van der Waals surface area contributed by atoms with Crippen molar-refractivity contribution in [1.29, 1.82) is 0 Å². The van der Waals surface area contributed by atoms with Gasteiger partial charge in [0.15, 0.2) is 0 Å². The third kappa shape index (κ3) is 11.7. The summed E-state index contributed by atoms with van der Waals surface area (Å²) in [6, 6.07) is 0. The molecular weight excluding hydrogens is 158 g/mol. The molecule has 0 aliphatic rings. The van der Waals surface area contributed by atoms with E-state index in [2.05, 4.69) is 27.6 Å². The first-order valence-corrected chi connectivity index (χ1v) is 5.55. The summed E-state index contributed by atoms with van der Waals surface area (Å²) in [4.78, 5) is 0. The first kappa shape index (κ1) is 15.2. The Morgan fingerprint density at radius 1 is 1.15 bits per heavy atom. The summed E-state index contributed by atoms with van der Waals surface area (Å²) in [5.41, 5.74) is 0. The molecule has 0 atom stereocenters. The normalized spacial score (nSPS) is 10.2. The van der Waals surface area contributed by atoms with E-state index >= 15 is 0 Å². The Balaban J connectivity index is 0. The highest BCUT2D eigenvalue weighted by Crippen LogP contribution is 2.02. The van der Waals surface area contributed by atoms with Crippen LogP contribution in [0.3, 0.4) is 0 Å². The van der Waals surface area contributed by atoms with E-state index in [1.165, 1.54) is 25.8 Å². The number of hydrogen-bond acceptors (Lipinski definition) is 0. The fourth-order valence-electron chi connectivity index (χ4n) is 1.23. The quantitative estimate of drug-likeness (QED) is 0.338. The molecule has 1 heteroatoms. The molecule has 0 heterocycles. The molecule has 80 valence electrons. The maximum atomic E-state index is 3.76. The molecule has 0 rings (SSSR count). The van der Waals surface area contributed by atoms with Crippen LogP contribution in [-0.4, -0.2) is 31.7 Å². The molecule has 0 amide bonds. The van der Waals surface area contributed by atoms with Crippen LogP contribution in [0.1, 0.15) is 40.0 Å². The fraction of sp³-hybridized carbons (Fsp3) is 0.833. The molecule has 13 heavy (non-hydrogen) atoms. The Kier molecular flexibility index (Phi) is 11.4. The number of quaternary nitrogens is 1. The number of likely N-dealkylation sites (N-methyl/N-ethyl adjacent to an activating group) is 1. The van der Waals surface area contributed by atoms with E-state index in [1.54, 1.807) is 0 Å². The van der Waals surface area contributed by atoms with Gasteiger partial charge in [-0.3, -0.25) is 0 Å². The largest absolute Gasteiger partial charge is 0.325 e. The lowest BCUT2D eigenvalue weighted by Crippen LogP contribution is -2.40. The van der Waals surface area contributed by atoms with Gasteiger partial charge in [-0.2, -0.15) is 0 Å². The lowest BCUT2D eigenvalue weighted by atomic mass is 10.2. The lowest BCUT2D eigenvalue weighted by molar-refractivity contribution is -0.884. The molecule has 0 aromatic heterocycles. The smallest absolute Gasteiger partial charge is 0.0966 e. The average Bonchev–Trinajstić information content (AvgIpc) is 2.08. The molecule has 0 bridgehead atoms. The molecule has 0 unspecified atom stereocenters. The predicted molar refractivity (Wildman–Crippen MR) is 62.9 cm³/mol. The van der Waals surface area contributed by atoms with Crippen molar-refractivity contribution >= 4 is 0 Å². The van der Waals surface area contributed by atoms with Crippen LogP contribution in [0.15, 0.2) is 12.7 Å². The molecule has 0 saturated heterocycles. The zero-order chi connectivity index (χ0) is 10.7. The maximum Gasteiger partial charge on any atom is 0.0966 e. The topological polar surface area (TPSA) is 0 Å². The molecule has 0 N–H and O–H groups in total. The lowest BCUT2D eigenvalue weighted by Gasteiger charge is -2.28. The van der Waals surface area contributed by atoms with Gasteiger partial charge in [-0.05, 0) is 18.9 Å². The van der Waals surface area contributed by atoms with Gasteiger partial charge < -0.3 is 4.48 Å². The molecular formula is C12H28N+. The molecule has 0 fully saturated rings. The minimum Gasteiger partial charge on any atom is -0.325 e. The second-order valence-corrected chi connectivity index (χ2v) is 3.84. The van der Waals surface area contributed by atoms with Gasteiger partial charge in [0.25, 0.3) is 0 Å². The first-order valence-electron chi connectivity index (χ1n) is 5.55. The fourth-order valence-corrected chi connectivity index (χ4v) is 1.23. The van der Waals surface area contributed by atoms with E-state index in [4.69, 9.17) is 0 Å². The van der Waals surface area contributed by atoms with Crippen LogP contribution in [0.4, 0.5) is 0 Å². The molecule has 0 saturated carbocycles. The average molecular weight is 186 g/mol. The number of unbranched alkanes of at least 4 members (excludes halogenated alkanes) is 2. The maximum absolute atomic E-state index is 3.76. The first-order chi connectivity index (χ1) is 6.12. The monoisotopic (exact) mass is 186 g/mol. The van der Waals surface area contributed by atoms with Crippen molar-refractivity contribution in [3.05, 3.63) is 12.7 Å². The van der Waals surface area contributed by atoms with Crippen LogP contribution in [-0.2, 0) is 0 Å². The van der Waals surface area contributed by atoms with Gasteiger partial charge >= 0.3 is 0 Å². The highest BCUT2D eigenvalue weighted by atomic mass is 15.3. The molecule has 0 aromatic rings. The number of hydrogen-bond donors (Lipinski definition) is 0. The number of nitrogens with zero attached hydrogens (tertiary/aromatic N) is 1. The van der Waals surface area contributed by atoms with Gasteiger partial charge in [-0.15, -0.1) is 0 Å².